The molecule has 2 amide bonds. The molecular formula is C41H83N5O2. The van der Waals surface area contributed by atoms with E-state index in [1.165, 1.54) is 51.7 Å². The van der Waals surface area contributed by atoms with Crippen LogP contribution in [0, 0.1) is 29.6 Å². The van der Waals surface area contributed by atoms with Gasteiger partial charge in [-0.25, -0.2) is 0 Å². The summed E-state index contributed by atoms with van der Waals surface area (Å²) < 4.78 is 0. The van der Waals surface area contributed by atoms with Crippen molar-refractivity contribution < 1.29 is 9.59 Å². The lowest BCUT2D eigenvalue weighted by atomic mass is 10.1. The normalized spacial score (nSPS) is 35.1. The van der Waals surface area contributed by atoms with Crippen LogP contribution in [-0.4, -0.2) is 120 Å². The maximum absolute atomic E-state index is 11.5. The highest BCUT2D eigenvalue weighted by atomic mass is 16.2. The molecule has 10 atom stereocenters. The van der Waals surface area contributed by atoms with Crippen molar-refractivity contribution in [1.29, 1.82) is 0 Å². The van der Waals surface area contributed by atoms with Crippen LogP contribution in [0.2, 0.25) is 0 Å². The largest absolute Gasteiger partial charge is 0.340 e. The predicted octanol–water partition coefficient (Wildman–Crippen LogP) is 8.13. The van der Waals surface area contributed by atoms with Crippen molar-refractivity contribution in [2.24, 2.45) is 29.6 Å². The van der Waals surface area contributed by atoms with Gasteiger partial charge in [0.25, 0.3) is 0 Å². The molecule has 0 aromatic carbocycles. The molecule has 0 saturated carbocycles. The van der Waals surface area contributed by atoms with E-state index >= 15 is 0 Å². The van der Waals surface area contributed by atoms with Crippen molar-refractivity contribution in [3.05, 3.63) is 0 Å². The van der Waals surface area contributed by atoms with Crippen LogP contribution in [0.4, 0.5) is 0 Å². The number of carbonyl (C=O) groups is 2. The first-order chi connectivity index (χ1) is 22.4. The lowest BCUT2D eigenvalue weighted by Gasteiger charge is -2.20. The van der Waals surface area contributed by atoms with Crippen LogP contribution in [0.25, 0.3) is 0 Å². The van der Waals surface area contributed by atoms with E-state index < -0.39 is 0 Å². The van der Waals surface area contributed by atoms with E-state index in [0.717, 1.165) is 74.7 Å². The van der Waals surface area contributed by atoms with E-state index in [9.17, 15) is 9.59 Å². The Kier molecular flexibility index (Phi) is 21.1. The van der Waals surface area contributed by atoms with Crippen LogP contribution >= 0.6 is 0 Å². The lowest BCUT2D eigenvalue weighted by Crippen LogP contribution is -2.33. The maximum Gasteiger partial charge on any atom is 0.222 e. The second-order valence-electron chi connectivity index (χ2n) is 17.4. The Balaban J connectivity index is 0.000000304. The van der Waals surface area contributed by atoms with E-state index in [1.54, 1.807) is 0 Å². The molecule has 7 nitrogen and oxygen atoms in total. The van der Waals surface area contributed by atoms with Crippen LogP contribution in [0.15, 0.2) is 0 Å². The molecule has 0 radical (unpaired) electrons. The Morgan fingerprint density at radius 1 is 0.417 bits per heavy atom. The molecule has 5 fully saturated rings. The number of hydrogen-bond donors (Lipinski definition) is 0. The monoisotopic (exact) mass is 678 g/mol. The van der Waals surface area contributed by atoms with Gasteiger partial charge in [-0.15, -0.1) is 0 Å². The molecule has 0 N–H and O–H groups in total. The Morgan fingerprint density at radius 3 is 0.771 bits per heavy atom. The fourth-order valence-electron chi connectivity index (χ4n) is 8.53. The second-order valence-corrected chi connectivity index (χ2v) is 17.4. The zero-order valence-electron chi connectivity index (χ0n) is 34.7. The summed E-state index contributed by atoms with van der Waals surface area (Å²) >= 11 is 0. The summed E-state index contributed by atoms with van der Waals surface area (Å²) in [6, 6.07) is 3.41. The highest BCUT2D eigenvalue weighted by Gasteiger charge is 2.30. The number of amides is 2. The topological polar surface area (TPSA) is 50.3 Å². The molecule has 0 aromatic heterocycles. The molecule has 0 aliphatic carbocycles. The van der Waals surface area contributed by atoms with Gasteiger partial charge in [0.15, 0.2) is 0 Å². The van der Waals surface area contributed by atoms with E-state index in [2.05, 4.69) is 119 Å². The summed E-state index contributed by atoms with van der Waals surface area (Å²) in [7, 11) is 6.61. The van der Waals surface area contributed by atoms with E-state index in [-0.39, 0.29) is 0 Å². The molecule has 5 aliphatic heterocycles. The van der Waals surface area contributed by atoms with Crippen molar-refractivity contribution >= 4 is 11.8 Å². The number of nitrogens with zero attached hydrogens (tertiary/aromatic N) is 5. The molecule has 5 saturated heterocycles. The Bertz CT molecular complexity index is 780. The van der Waals surface area contributed by atoms with Crippen LogP contribution in [-0.2, 0) is 9.59 Å². The summed E-state index contributed by atoms with van der Waals surface area (Å²) in [5.41, 5.74) is 0. The third-order valence-electron chi connectivity index (χ3n) is 11.4. The molecule has 48 heavy (non-hydrogen) atoms. The van der Waals surface area contributed by atoms with Crippen molar-refractivity contribution in [3.63, 3.8) is 0 Å². The Morgan fingerprint density at radius 2 is 0.646 bits per heavy atom. The minimum atomic E-state index is 0.342. The third kappa shape index (κ3) is 16.2. The van der Waals surface area contributed by atoms with Crippen LogP contribution in [0.1, 0.15) is 141 Å². The van der Waals surface area contributed by atoms with Gasteiger partial charge in [-0.1, -0.05) is 48.5 Å². The van der Waals surface area contributed by atoms with Crippen LogP contribution in [0.3, 0.4) is 0 Å². The first-order valence-electron chi connectivity index (χ1n) is 20.1. The minimum absolute atomic E-state index is 0.342. The van der Waals surface area contributed by atoms with Crippen molar-refractivity contribution in [2.75, 3.05) is 53.9 Å². The fourth-order valence-corrected chi connectivity index (χ4v) is 8.53. The van der Waals surface area contributed by atoms with Gasteiger partial charge in [-0.2, -0.15) is 0 Å². The van der Waals surface area contributed by atoms with Crippen molar-refractivity contribution in [3.8, 4) is 0 Å². The molecule has 5 rings (SSSR count). The van der Waals surface area contributed by atoms with Crippen LogP contribution < -0.4 is 0 Å². The van der Waals surface area contributed by atoms with Gasteiger partial charge < -0.3 is 24.5 Å². The summed E-state index contributed by atoms with van der Waals surface area (Å²) in [5.74, 6) is 4.85. The van der Waals surface area contributed by atoms with Crippen molar-refractivity contribution in [2.45, 2.75) is 171 Å². The molecule has 284 valence electrons. The molecular weight excluding hydrogens is 594 g/mol. The molecule has 0 spiro atoms. The maximum atomic E-state index is 11.5. The summed E-state index contributed by atoms with van der Waals surface area (Å²) in [5, 5.41) is 0. The number of likely N-dealkylation sites (tertiary alicyclic amines) is 5. The van der Waals surface area contributed by atoms with Gasteiger partial charge in [-0.05, 0) is 130 Å². The zero-order chi connectivity index (χ0) is 36.7. The molecule has 5 heterocycles. The summed E-state index contributed by atoms with van der Waals surface area (Å²) in [6.07, 6.45) is 9.88. The van der Waals surface area contributed by atoms with Gasteiger partial charge in [0.2, 0.25) is 11.8 Å². The highest BCUT2D eigenvalue weighted by molar-refractivity contribution is 5.77. The van der Waals surface area contributed by atoms with Gasteiger partial charge >= 0.3 is 0 Å². The minimum Gasteiger partial charge on any atom is -0.340 e. The Labute approximate surface area is 299 Å². The van der Waals surface area contributed by atoms with Crippen LogP contribution in [0.5, 0.6) is 0 Å². The number of rotatable bonds is 4. The molecule has 0 unspecified atom stereocenters. The SMILES string of the molecule is CCCC(=O)N1C[C@H](C)C[C@@H]1C.CCCC(=O)N1C[C@H](C)C[C@@H]1C.C[C@@H]1C[C@H](C)N(C)C1.C[C@@H]1C[C@H](C)N(C)C1.C[C@@H]1C[C@H](C)N(C)C1. The van der Waals surface area contributed by atoms with E-state index in [4.69, 9.17) is 0 Å². The summed E-state index contributed by atoms with van der Waals surface area (Å²) in [6.45, 7) is 32.5. The number of carbonyl (C=O) groups excluding carboxylic acids is 2. The number of hydrogen-bond acceptors (Lipinski definition) is 5. The molecule has 0 bridgehead atoms. The average molecular weight is 678 g/mol. The quantitative estimate of drug-likeness (QED) is 0.301. The molecule has 5 aliphatic rings. The lowest BCUT2D eigenvalue weighted by molar-refractivity contribution is -0.132. The molecule has 0 aromatic rings. The van der Waals surface area contributed by atoms with Gasteiger partial charge in [0.05, 0.1) is 0 Å². The van der Waals surface area contributed by atoms with Gasteiger partial charge in [-0.3, -0.25) is 9.59 Å². The Hall–Kier alpha value is -1.18. The zero-order valence-corrected chi connectivity index (χ0v) is 34.7. The van der Waals surface area contributed by atoms with Crippen molar-refractivity contribution in [1.82, 2.24) is 24.5 Å². The fraction of sp³-hybridized carbons (Fsp3) is 0.951. The smallest absolute Gasteiger partial charge is 0.222 e. The first kappa shape index (κ1) is 44.8. The average Bonchev–Trinajstić information content (AvgIpc) is 3.75. The summed E-state index contributed by atoms with van der Waals surface area (Å²) in [4.78, 5) is 34.4. The van der Waals surface area contributed by atoms with E-state index in [0.29, 0.717) is 35.7 Å². The van der Waals surface area contributed by atoms with Gasteiger partial charge in [0.1, 0.15) is 0 Å². The second kappa shape index (κ2) is 22.6. The van der Waals surface area contributed by atoms with Gasteiger partial charge in [0, 0.05) is 75.8 Å². The standard InChI is InChI=1S/2C10H19NO.3C7H15N/c2*1-4-5-10(12)11-7-8(2)6-9(11)3;3*1-6-4-7(2)8(3)5-6/h2*8-9H,4-7H2,1-3H3;3*6-7H,4-5H2,1-3H3/t2*8-,9+;3*6-,7+/m11111/s1. The highest BCUT2D eigenvalue weighted by Crippen LogP contribution is 2.24. The van der Waals surface area contributed by atoms with E-state index in [1.807, 2.05) is 9.80 Å². The molecule has 7 heteroatoms. The predicted molar refractivity (Wildman–Crippen MR) is 207 cm³/mol. The third-order valence-corrected chi connectivity index (χ3v) is 11.4. The first-order valence-corrected chi connectivity index (χ1v) is 20.1.